The maximum atomic E-state index is 6.02. The molecule has 2 N–H and O–H groups in total. The summed E-state index contributed by atoms with van der Waals surface area (Å²) in [6, 6.07) is 4.28. The minimum absolute atomic E-state index is 0.348. The zero-order valence-corrected chi connectivity index (χ0v) is 18.1. The number of fused-ring (bicyclic) bond motifs is 1. The fourth-order valence-electron chi connectivity index (χ4n) is 3.65. The Labute approximate surface area is 174 Å². The summed E-state index contributed by atoms with van der Waals surface area (Å²) >= 11 is 3.45. The number of thiazole rings is 1. The fourth-order valence-corrected chi connectivity index (χ4v) is 5.29. The molecular formula is C20H28N6S2. The monoisotopic (exact) mass is 416 g/mol. The molecule has 0 spiro atoms. The van der Waals surface area contributed by atoms with Crippen LogP contribution in [0, 0.1) is 0 Å². The molecule has 3 aromatic heterocycles. The van der Waals surface area contributed by atoms with Gasteiger partial charge in [0.15, 0.2) is 10.6 Å². The van der Waals surface area contributed by atoms with E-state index in [2.05, 4.69) is 44.2 Å². The standard InChI is InChI=1S/C20H28N6S2/c1-2-3-4-9-25-10-12-26(13-11-25)18-17-19(24-20(21)23-18)28-16(22-17)8-7-15-6-5-14-27-15/h5-6,14H,2-4,7-13H2,1H3,(H2,21,23,24). The number of nitrogens with two attached hydrogens (primary N) is 1. The Hall–Kier alpha value is -1.77. The number of hydrogen-bond donors (Lipinski definition) is 1. The van der Waals surface area contributed by atoms with E-state index in [1.165, 1.54) is 30.7 Å². The lowest BCUT2D eigenvalue weighted by Crippen LogP contribution is -2.47. The van der Waals surface area contributed by atoms with E-state index in [-0.39, 0.29) is 0 Å². The molecule has 4 rings (SSSR count). The van der Waals surface area contributed by atoms with Gasteiger partial charge in [0, 0.05) is 37.5 Å². The quantitative estimate of drug-likeness (QED) is 0.563. The Kier molecular flexibility index (Phi) is 6.39. The first-order valence-corrected chi connectivity index (χ1v) is 11.8. The van der Waals surface area contributed by atoms with Crippen LogP contribution in [-0.2, 0) is 12.8 Å². The Morgan fingerprint density at radius 1 is 1.07 bits per heavy atom. The number of unbranched alkanes of at least 4 members (excludes halogenated alkanes) is 2. The van der Waals surface area contributed by atoms with Gasteiger partial charge in [-0.2, -0.15) is 4.98 Å². The van der Waals surface area contributed by atoms with Gasteiger partial charge in [0.1, 0.15) is 5.52 Å². The van der Waals surface area contributed by atoms with Crippen molar-refractivity contribution in [1.82, 2.24) is 19.9 Å². The number of thiophene rings is 1. The Morgan fingerprint density at radius 3 is 2.68 bits per heavy atom. The molecule has 6 nitrogen and oxygen atoms in total. The topological polar surface area (TPSA) is 71.2 Å². The molecule has 0 atom stereocenters. The number of nitrogen functional groups attached to an aromatic ring is 1. The van der Waals surface area contributed by atoms with Crippen LogP contribution >= 0.6 is 22.7 Å². The van der Waals surface area contributed by atoms with E-state index in [1.807, 2.05) is 0 Å². The van der Waals surface area contributed by atoms with Crippen LogP contribution in [0.1, 0.15) is 36.1 Å². The minimum Gasteiger partial charge on any atom is -0.368 e. The summed E-state index contributed by atoms with van der Waals surface area (Å²) in [5.41, 5.74) is 6.94. The first kappa shape index (κ1) is 19.5. The van der Waals surface area contributed by atoms with Crippen molar-refractivity contribution in [3.8, 4) is 0 Å². The largest absolute Gasteiger partial charge is 0.368 e. The fraction of sp³-hybridized carbons (Fsp3) is 0.550. The number of anilines is 2. The molecule has 0 radical (unpaired) electrons. The SMILES string of the molecule is CCCCCN1CCN(c2nc(N)nc3sc(CCc4cccs4)nc23)CC1. The van der Waals surface area contributed by atoms with Crippen molar-refractivity contribution in [3.05, 3.63) is 27.4 Å². The molecule has 4 heterocycles. The molecule has 0 aromatic carbocycles. The number of aromatic nitrogens is 3. The van der Waals surface area contributed by atoms with Crippen molar-refractivity contribution in [3.63, 3.8) is 0 Å². The highest BCUT2D eigenvalue weighted by Crippen LogP contribution is 2.30. The molecular weight excluding hydrogens is 388 g/mol. The van der Waals surface area contributed by atoms with Crippen LogP contribution in [0.2, 0.25) is 0 Å². The molecule has 1 aliphatic rings. The summed E-state index contributed by atoms with van der Waals surface area (Å²) in [7, 11) is 0. The van der Waals surface area contributed by atoms with Crippen LogP contribution in [0.15, 0.2) is 17.5 Å². The predicted octanol–water partition coefficient (Wildman–Crippen LogP) is 3.83. The molecule has 8 heteroatoms. The zero-order valence-electron chi connectivity index (χ0n) is 16.4. The van der Waals surface area contributed by atoms with Crippen LogP contribution in [0.25, 0.3) is 10.3 Å². The van der Waals surface area contributed by atoms with Crippen LogP contribution < -0.4 is 10.6 Å². The van der Waals surface area contributed by atoms with E-state index < -0.39 is 0 Å². The van der Waals surface area contributed by atoms with E-state index in [9.17, 15) is 0 Å². The third-order valence-corrected chi connectivity index (χ3v) is 7.16. The molecule has 1 aliphatic heterocycles. The lowest BCUT2D eigenvalue weighted by molar-refractivity contribution is 0.252. The second-order valence-electron chi connectivity index (χ2n) is 7.28. The van der Waals surface area contributed by atoms with E-state index in [4.69, 9.17) is 10.7 Å². The van der Waals surface area contributed by atoms with E-state index >= 15 is 0 Å². The third-order valence-electron chi connectivity index (χ3n) is 5.22. The molecule has 0 aliphatic carbocycles. The van der Waals surface area contributed by atoms with Crippen molar-refractivity contribution < 1.29 is 0 Å². The predicted molar refractivity (Wildman–Crippen MR) is 120 cm³/mol. The van der Waals surface area contributed by atoms with Crippen LogP contribution in [0.4, 0.5) is 11.8 Å². The van der Waals surface area contributed by atoms with Gasteiger partial charge >= 0.3 is 0 Å². The van der Waals surface area contributed by atoms with Crippen LogP contribution in [0.3, 0.4) is 0 Å². The number of nitrogens with zero attached hydrogens (tertiary/aromatic N) is 5. The average molecular weight is 417 g/mol. The van der Waals surface area contributed by atoms with Crippen LogP contribution in [0.5, 0.6) is 0 Å². The Morgan fingerprint density at radius 2 is 1.93 bits per heavy atom. The average Bonchev–Trinajstić information content (AvgIpc) is 3.36. The van der Waals surface area contributed by atoms with Gasteiger partial charge in [0.2, 0.25) is 5.95 Å². The Balaban J connectivity index is 1.46. The summed E-state index contributed by atoms with van der Waals surface area (Å²) < 4.78 is 0. The number of piperazine rings is 1. The third kappa shape index (κ3) is 4.61. The second kappa shape index (κ2) is 9.15. The lowest BCUT2D eigenvalue weighted by Gasteiger charge is -2.35. The van der Waals surface area contributed by atoms with Gasteiger partial charge in [-0.15, -0.1) is 11.3 Å². The molecule has 1 fully saturated rings. The summed E-state index contributed by atoms with van der Waals surface area (Å²) in [4.78, 5) is 21.1. The van der Waals surface area contributed by atoms with Crippen molar-refractivity contribution >= 4 is 44.8 Å². The summed E-state index contributed by atoms with van der Waals surface area (Å²) in [6.45, 7) is 7.55. The molecule has 28 heavy (non-hydrogen) atoms. The molecule has 0 bridgehead atoms. The van der Waals surface area contributed by atoms with Gasteiger partial charge in [-0.05, 0) is 30.8 Å². The van der Waals surface area contributed by atoms with Crippen molar-refractivity contribution in [2.24, 2.45) is 0 Å². The van der Waals surface area contributed by atoms with Crippen molar-refractivity contribution in [1.29, 1.82) is 0 Å². The van der Waals surface area contributed by atoms with E-state index in [0.717, 1.165) is 60.2 Å². The molecule has 0 unspecified atom stereocenters. The normalized spacial score (nSPS) is 15.5. The molecule has 0 saturated carbocycles. The van der Waals surface area contributed by atoms with Crippen molar-refractivity contribution in [2.75, 3.05) is 43.4 Å². The molecule has 1 saturated heterocycles. The highest BCUT2D eigenvalue weighted by atomic mass is 32.1. The maximum absolute atomic E-state index is 6.02. The summed E-state index contributed by atoms with van der Waals surface area (Å²) in [5.74, 6) is 1.26. The van der Waals surface area contributed by atoms with Gasteiger partial charge in [-0.25, -0.2) is 9.97 Å². The van der Waals surface area contributed by atoms with Gasteiger partial charge in [-0.1, -0.05) is 37.2 Å². The number of aryl methyl sites for hydroxylation is 2. The van der Waals surface area contributed by atoms with E-state index in [1.54, 1.807) is 22.7 Å². The van der Waals surface area contributed by atoms with Crippen LogP contribution in [-0.4, -0.2) is 52.6 Å². The first-order chi connectivity index (χ1) is 13.7. The second-order valence-corrected chi connectivity index (χ2v) is 9.38. The number of hydrogen-bond acceptors (Lipinski definition) is 8. The first-order valence-electron chi connectivity index (χ1n) is 10.2. The molecule has 150 valence electrons. The van der Waals surface area contributed by atoms with Crippen molar-refractivity contribution in [2.45, 2.75) is 39.0 Å². The number of rotatable bonds is 8. The van der Waals surface area contributed by atoms with Gasteiger partial charge in [0.25, 0.3) is 0 Å². The lowest BCUT2D eigenvalue weighted by atomic mass is 10.2. The molecule has 3 aromatic rings. The van der Waals surface area contributed by atoms with Gasteiger partial charge in [0.05, 0.1) is 5.01 Å². The highest BCUT2D eigenvalue weighted by molar-refractivity contribution is 7.18. The Bertz CT molecular complexity index is 884. The minimum atomic E-state index is 0.348. The van der Waals surface area contributed by atoms with E-state index in [0.29, 0.717) is 5.95 Å². The smallest absolute Gasteiger partial charge is 0.223 e. The summed E-state index contributed by atoms with van der Waals surface area (Å²) in [6.07, 6.45) is 5.84. The molecule has 0 amide bonds. The maximum Gasteiger partial charge on any atom is 0.223 e. The summed E-state index contributed by atoms with van der Waals surface area (Å²) in [5, 5.41) is 3.24. The highest BCUT2D eigenvalue weighted by Gasteiger charge is 2.22. The van der Waals surface area contributed by atoms with Gasteiger partial charge in [-0.3, -0.25) is 4.90 Å². The van der Waals surface area contributed by atoms with Gasteiger partial charge < -0.3 is 10.6 Å². The zero-order chi connectivity index (χ0) is 19.3.